The summed E-state index contributed by atoms with van der Waals surface area (Å²) in [6.45, 7) is 5.60. The van der Waals surface area contributed by atoms with Crippen LogP contribution < -0.4 is 4.74 Å². The molecule has 7 aliphatic rings. The van der Waals surface area contributed by atoms with Crippen molar-refractivity contribution in [3.05, 3.63) is 94.0 Å². The number of hydrogen-bond donors (Lipinski definition) is 0. The average Bonchev–Trinajstić information content (AvgIpc) is 3.03. The van der Waals surface area contributed by atoms with Gasteiger partial charge in [0.25, 0.3) is 0 Å². The Balaban J connectivity index is 1.02. The zero-order valence-electron chi connectivity index (χ0n) is 27.2. The number of benzene rings is 3. The van der Waals surface area contributed by atoms with Crippen LogP contribution in [-0.4, -0.2) is 31.5 Å². The van der Waals surface area contributed by atoms with Crippen molar-refractivity contribution in [1.29, 1.82) is 0 Å². The minimum absolute atomic E-state index is 0.0143. The smallest absolute Gasteiger partial charge is 0.317 e. The number of carbonyl (C=O) groups excluding carboxylic acids is 2. The molecule has 10 rings (SSSR count). The fourth-order valence-corrected chi connectivity index (χ4v) is 11.6. The van der Waals surface area contributed by atoms with Crippen LogP contribution in [0.3, 0.4) is 0 Å². The van der Waals surface area contributed by atoms with Gasteiger partial charge in [-0.25, -0.2) is 8.42 Å². The highest BCUT2D eigenvalue weighted by Crippen LogP contribution is 2.66. The summed E-state index contributed by atoms with van der Waals surface area (Å²) in [7, 11) is -4.68. The van der Waals surface area contributed by atoms with Crippen LogP contribution in [0.25, 0.3) is 0 Å². The van der Waals surface area contributed by atoms with Crippen LogP contribution in [0.4, 0.5) is 0 Å². The van der Waals surface area contributed by atoms with Gasteiger partial charge in [-0.1, -0.05) is 62.4 Å². The molecule has 0 aliphatic heterocycles. The molecule has 0 radical (unpaired) electrons. The highest BCUT2D eigenvalue weighted by atomic mass is 32.2. The summed E-state index contributed by atoms with van der Waals surface area (Å²) in [6.07, 6.45) is 5.84. The SMILES string of the molecule is Cc1cc(S(=O)(=O)[O-])c(C(C)C)cc1OC(=O)C12CC3CC(CC(COC(=O)C4CC5c6ccccc6C4c4ccccc45)(C3)C1)C2. The van der Waals surface area contributed by atoms with E-state index >= 15 is 0 Å². The van der Waals surface area contributed by atoms with Gasteiger partial charge in [-0.05, 0) is 115 Å². The van der Waals surface area contributed by atoms with E-state index in [-0.39, 0.29) is 45.9 Å². The number of ether oxygens (including phenoxy) is 2. The third kappa shape index (κ3) is 4.97. The summed E-state index contributed by atoms with van der Waals surface area (Å²) in [5.41, 5.74) is 4.96. The summed E-state index contributed by atoms with van der Waals surface area (Å²) in [5, 5.41) is 0. The van der Waals surface area contributed by atoms with E-state index in [9.17, 15) is 22.6 Å². The normalized spacial score (nSPS) is 31.4. The van der Waals surface area contributed by atoms with Crippen molar-refractivity contribution >= 4 is 22.1 Å². The first kappa shape index (κ1) is 30.8. The van der Waals surface area contributed by atoms with E-state index in [2.05, 4.69) is 48.5 Å². The van der Waals surface area contributed by atoms with E-state index in [1.165, 1.54) is 28.3 Å². The van der Waals surface area contributed by atoms with Crippen LogP contribution in [0.5, 0.6) is 5.75 Å². The third-order valence-corrected chi connectivity index (χ3v) is 13.0. The zero-order chi connectivity index (χ0) is 32.9. The van der Waals surface area contributed by atoms with Gasteiger partial charge in [0.1, 0.15) is 15.9 Å². The summed E-state index contributed by atoms with van der Waals surface area (Å²) in [5.74, 6) is 0.291. The van der Waals surface area contributed by atoms with Crippen molar-refractivity contribution in [2.45, 2.75) is 88.4 Å². The second-order valence-corrected chi connectivity index (χ2v) is 17.0. The summed E-state index contributed by atoms with van der Waals surface area (Å²) in [6, 6.07) is 19.9. The lowest BCUT2D eigenvalue weighted by Gasteiger charge is -2.60. The average molecular weight is 654 g/mol. The standard InChI is InChI=1S/C39H42O7S/c1-22(2)30-15-33(23(3)12-34(30)47(42,43)44)46-37(41)39-18-24-13-25(19-39)17-38(16-24,20-39)21-45-36(40)32-14-31-26-8-4-6-10-28(26)35(32)29-11-7-5-9-27(29)31/h4-12,15,22,24-25,31-32,35H,13-14,16-21H2,1-3H3,(H,42,43,44)/p-1. The first-order valence-corrected chi connectivity index (χ1v) is 18.4. The molecule has 0 saturated heterocycles. The number of esters is 2. The van der Waals surface area contributed by atoms with Gasteiger partial charge in [0.2, 0.25) is 0 Å². The van der Waals surface area contributed by atoms with E-state index in [1.807, 2.05) is 13.8 Å². The predicted octanol–water partition coefficient (Wildman–Crippen LogP) is 7.36. The molecular weight excluding hydrogens is 612 g/mol. The lowest BCUT2D eigenvalue weighted by atomic mass is 9.44. The van der Waals surface area contributed by atoms with Crippen LogP contribution in [-0.2, 0) is 24.4 Å². The molecule has 7 nitrogen and oxygen atoms in total. The number of carbonyl (C=O) groups is 2. The first-order valence-electron chi connectivity index (χ1n) is 17.0. The molecule has 3 aromatic carbocycles. The van der Waals surface area contributed by atoms with Gasteiger partial charge in [0, 0.05) is 17.3 Å². The van der Waals surface area contributed by atoms with Gasteiger partial charge in [-0.15, -0.1) is 0 Å². The molecule has 3 aromatic rings. The molecule has 3 unspecified atom stereocenters. The molecule has 0 spiro atoms. The molecule has 0 heterocycles. The molecule has 3 atom stereocenters. The van der Waals surface area contributed by atoms with Crippen LogP contribution in [0.2, 0.25) is 0 Å². The highest BCUT2D eigenvalue weighted by Gasteiger charge is 2.62. The summed E-state index contributed by atoms with van der Waals surface area (Å²) < 4.78 is 48.3. The van der Waals surface area contributed by atoms with Crippen LogP contribution in [0, 0.1) is 35.5 Å². The van der Waals surface area contributed by atoms with Gasteiger partial charge in [0.05, 0.1) is 22.8 Å². The fourth-order valence-electron chi connectivity index (χ4n) is 10.7. The maximum atomic E-state index is 14.1. The number of hydrogen-bond acceptors (Lipinski definition) is 7. The third-order valence-electron chi connectivity index (χ3n) is 12.1. The number of fused-ring (bicyclic) bond motifs is 1. The largest absolute Gasteiger partial charge is 0.744 e. The summed E-state index contributed by atoms with van der Waals surface area (Å²) in [4.78, 5) is 27.9. The molecule has 246 valence electrons. The second kappa shape index (κ2) is 10.8. The Hall–Kier alpha value is -3.49. The lowest BCUT2D eigenvalue weighted by Crippen LogP contribution is -2.57. The van der Waals surface area contributed by atoms with E-state index in [4.69, 9.17) is 9.47 Å². The Morgan fingerprint density at radius 2 is 1.49 bits per heavy atom. The Morgan fingerprint density at radius 1 is 0.894 bits per heavy atom. The Morgan fingerprint density at radius 3 is 2.06 bits per heavy atom. The molecule has 0 N–H and O–H groups in total. The topological polar surface area (TPSA) is 110 Å². The predicted molar refractivity (Wildman–Crippen MR) is 174 cm³/mol. The molecule has 6 bridgehead atoms. The van der Waals surface area contributed by atoms with Gasteiger partial charge in [-0.3, -0.25) is 9.59 Å². The zero-order valence-corrected chi connectivity index (χ0v) is 28.0. The monoisotopic (exact) mass is 653 g/mol. The quantitative estimate of drug-likeness (QED) is 0.149. The van der Waals surface area contributed by atoms with Gasteiger partial charge >= 0.3 is 11.9 Å². The first-order chi connectivity index (χ1) is 22.4. The minimum Gasteiger partial charge on any atom is -0.744 e. The van der Waals surface area contributed by atoms with E-state index in [0.29, 0.717) is 41.7 Å². The molecule has 4 fully saturated rings. The van der Waals surface area contributed by atoms with Crippen molar-refractivity contribution in [2.24, 2.45) is 28.6 Å². The minimum atomic E-state index is -4.68. The highest BCUT2D eigenvalue weighted by molar-refractivity contribution is 7.85. The number of aryl methyl sites for hydroxylation is 1. The molecular formula is C39H41O7S-. The molecule has 4 saturated carbocycles. The van der Waals surface area contributed by atoms with Gasteiger partial charge < -0.3 is 14.0 Å². The van der Waals surface area contributed by atoms with Crippen molar-refractivity contribution < 1.29 is 32.0 Å². The van der Waals surface area contributed by atoms with Gasteiger partial charge in [-0.2, -0.15) is 0 Å². The maximum Gasteiger partial charge on any atom is 0.317 e. The van der Waals surface area contributed by atoms with Crippen molar-refractivity contribution in [2.75, 3.05) is 6.61 Å². The second-order valence-electron chi connectivity index (χ2n) is 15.6. The Labute approximate surface area is 276 Å². The lowest BCUT2D eigenvalue weighted by molar-refractivity contribution is -0.183. The fraction of sp³-hybridized carbons (Fsp3) is 0.487. The van der Waals surface area contributed by atoms with Crippen LogP contribution in [0.15, 0.2) is 65.6 Å². The Bertz CT molecular complexity index is 1850. The van der Waals surface area contributed by atoms with Crippen molar-refractivity contribution in [1.82, 2.24) is 0 Å². The van der Waals surface area contributed by atoms with E-state index < -0.39 is 15.5 Å². The molecule has 7 aliphatic carbocycles. The molecule has 8 heteroatoms. The molecule has 47 heavy (non-hydrogen) atoms. The Kier molecular flexibility index (Phi) is 7.06. The molecule has 0 aromatic heterocycles. The van der Waals surface area contributed by atoms with Crippen molar-refractivity contribution in [3.63, 3.8) is 0 Å². The number of rotatable bonds is 7. The van der Waals surface area contributed by atoms with Crippen LogP contribution in [0.1, 0.15) is 110 Å². The van der Waals surface area contributed by atoms with Crippen LogP contribution >= 0.6 is 0 Å². The van der Waals surface area contributed by atoms with E-state index in [1.54, 1.807) is 13.0 Å². The van der Waals surface area contributed by atoms with Gasteiger partial charge in [0.15, 0.2) is 0 Å². The van der Waals surface area contributed by atoms with E-state index in [0.717, 1.165) is 38.5 Å². The summed E-state index contributed by atoms with van der Waals surface area (Å²) >= 11 is 0. The molecule has 0 amide bonds. The van der Waals surface area contributed by atoms with Crippen molar-refractivity contribution in [3.8, 4) is 5.75 Å². The maximum absolute atomic E-state index is 14.1.